The molecule has 1 aliphatic heterocycles. The van der Waals surface area contributed by atoms with Crippen LogP contribution in [0.5, 0.6) is 5.75 Å². The van der Waals surface area contributed by atoms with Crippen molar-refractivity contribution in [3.05, 3.63) is 29.8 Å². The number of benzene rings is 1. The third-order valence-corrected chi connectivity index (χ3v) is 3.67. The van der Waals surface area contributed by atoms with Crippen LogP contribution in [0.15, 0.2) is 24.3 Å². The molecule has 0 aromatic heterocycles. The molecule has 1 aromatic carbocycles. The Morgan fingerprint density at radius 1 is 1.38 bits per heavy atom. The summed E-state index contributed by atoms with van der Waals surface area (Å²) in [5.41, 5.74) is 5.68. The third kappa shape index (κ3) is 3.33. The lowest BCUT2D eigenvalue weighted by Gasteiger charge is -2.41. The summed E-state index contributed by atoms with van der Waals surface area (Å²) in [4.78, 5) is 25.6. The Labute approximate surface area is 124 Å². The molecule has 6 heteroatoms. The lowest BCUT2D eigenvalue weighted by atomic mass is 9.99. The Morgan fingerprint density at radius 2 is 2.05 bits per heavy atom. The molecule has 0 bridgehead atoms. The highest BCUT2D eigenvalue weighted by atomic mass is 16.5. The van der Waals surface area contributed by atoms with Crippen LogP contribution in [-0.4, -0.2) is 41.9 Å². The highest BCUT2D eigenvalue weighted by molar-refractivity contribution is 5.92. The van der Waals surface area contributed by atoms with Crippen LogP contribution in [0.2, 0.25) is 0 Å². The third-order valence-electron chi connectivity index (χ3n) is 3.67. The lowest BCUT2D eigenvalue weighted by molar-refractivity contribution is -0.150. The summed E-state index contributed by atoms with van der Waals surface area (Å²) in [5, 5.41) is 2.76. The van der Waals surface area contributed by atoms with E-state index >= 15 is 0 Å². The van der Waals surface area contributed by atoms with Gasteiger partial charge in [-0.3, -0.25) is 9.59 Å². The molecule has 0 aliphatic carbocycles. The molecule has 1 aromatic rings. The van der Waals surface area contributed by atoms with Crippen molar-refractivity contribution in [2.45, 2.75) is 25.9 Å². The van der Waals surface area contributed by atoms with Crippen LogP contribution in [0, 0.1) is 0 Å². The fourth-order valence-corrected chi connectivity index (χ4v) is 2.28. The zero-order chi connectivity index (χ0) is 15.5. The van der Waals surface area contributed by atoms with Gasteiger partial charge in [0.05, 0.1) is 0 Å². The van der Waals surface area contributed by atoms with Crippen molar-refractivity contribution >= 4 is 11.8 Å². The van der Waals surface area contributed by atoms with E-state index in [0.29, 0.717) is 25.4 Å². The van der Waals surface area contributed by atoms with E-state index in [1.165, 1.54) is 0 Å². The van der Waals surface area contributed by atoms with E-state index < -0.39 is 5.54 Å². The van der Waals surface area contributed by atoms with Crippen molar-refractivity contribution in [1.29, 1.82) is 0 Å². The van der Waals surface area contributed by atoms with E-state index in [9.17, 15) is 9.59 Å². The summed E-state index contributed by atoms with van der Waals surface area (Å²) in [5.74, 6) is 0.270. The van der Waals surface area contributed by atoms with Crippen LogP contribution in [0.3, 0.4) is 0 Å². The number of nitrogens with one attached hydrogen (secondary N) is 1. The van der Waals surface area contributed by atoms with E-state index in [0.717, 1.165) is 5.56 Å². The van der Waals surface area contributed by atoms with Crippen molar-refractivity contribution in [3.8, 4) is 5.75 Å². The topological polar surface area (TPSA) is 84.7 Å². The number of nitrogens with zero attached hydrogens (tertiary/aromatic N) is 1. The number of ether oxygens (including phenoxy) is 1. The van der Waals surface area contributed by atoms with Crippen LogP contribution < -0.4 is 15.8 Å². The van der Waals surface area contributed by atoms with Crippen LogP contribution in [-0.2, 0) is 16.1 Å². The van der Waals surface area contributed by atoms with Gasteiger partial charge in [-0.1, -0.05) is 12.1 Å². The van der Waals surface area contributed by atoms with Crippen LogP contribution in [0.25, 0.3) is 0 Å². The van der Waals surface area contributed by atoms with Crippen LogP contribution in [0.1, 0.15) is 19.4 Å². The van der Waals surface area contributed by atoms with Gasteiger partial charge in [-0.2, -0.15) is 0 Å². The number of carbonyl (C=O) groups is 2. The van der Waals surface area contributed by atoms with E-state index in [4.69, 9.17) is 10.5 Å². The summed E-state index contributed by atoms with van der Waals surface area (Å²) < 4.78 is 5.49. The highest BCUT2D eigenvalue weighted by Gasteiger charge is 2.40. The summed E-state index contributed by atoms with van der Waals surface area (Å²) >= 11 is 0. The van der Waals surface area contributed by atoms with Gasteiger partial charge in [0.15, 0.2) is 6.61 Å². The monoisotopic (exact) mass is 291 g/mol. The fraction of sp³-hybridized carbons (Fsp3) is 0.467. The number of amides is 2. The molecule has 2 amide bonds. The first-order valence-corrected chi connectivity index (χ1v) is 6.95. The molecule has 0 spiro atoms. The molecule has 0 radical (unpaired) electrons. The van der Waals surface area contributed by atoms with Gasteiger partial charge in [0.1, 0.15) is 11.3 Å². The smallest absolute Gasteiger partial charge is 0.261 e. The van der Waals surface area contributed by atoms with Crippen molar-refractivity contribution < 1.29 is 14.3 Å². The molecule has 0 unspecified atom stereocenters. The average molecular weight is 291 g/mol. The van der Waals surface area contributed by atoms with Gasteiger partial charge in [-0.15, -0.1) is 0 Å². The second kappa shape index (κ2) is 6.13. The van der Waals surface area contributed by atoms with Gasteiger partial charge in [-0.25, -0.2) is 0 Å². The predicted octanol–water partition coefficient (Wildman–Crippen LogP) is 0.261. The lowest BCUT2D eigenvalue weighted by Crippen LogP contribution is -2.64. The molecule has 0 atom stereocenters. The maximum absolute atomic E-state index is 12.3. The first-order valence-electron chi connectivity index (χ1n) is 6.95. The molecule has 0 saturated carbocycles. The Balaban J connectivity index is 1.96. The molecule has 1 aliphatic rings. The van der Waals surface area contributed by atoms with Crippen molar-refractivity contribution in [2.75, 3.05) is 19.7 Å². The standard InChI is InChI=1S/C15H21N3O3/c1-15(2)14(20)17-7-8-18(15)13(19)10-21-12-5-3-11(9-16)4-6-12/h3-6H,7-10,16H2,1-2H3,(H,17,20). The first-order chi connectivity index (χ1) is 9.95. The fourth-order valence-electron chi connectivity index (χ4n) is 2.28. The molecule has 21 heavy (non-hydrogen) atoms. The maximum atomic E-state index is 12.3. The summed E-state index contributed by atoms with van der Waals surface area (Å²) in [7, 11) is 0. The van der Waals surface area contributed by atoms with E-state index in [1.807, 2.05) is 12.1 Å². The number of nitrogens with two attached hydrogens (primary N) is 1. The molecular weight excluding hydrogens is 270 g/mol. The maximum Gasteiger partial charge on any atom is 0.261 e. The SMILES string of the molecule is CC1(C)C(=O)NCCN1C(=O)COc1ccc(CN)cc1. The zero-order valence-electron chi connectivity index (χ0n) is 12.4. The molecule has 2 rings (SSSR count). The molecule has 1 heterocycles. The number of hydrogen-bond donors (Lipinski definition) is 2. The second-order valence-electron chi connectivity index (χ2n) is 5.50. The predicted molar refractivity (Wildman–Crippen MR) is 78.6 cm³/mol. The average Bonchev–Trinajstić information content (AvgIpc) is 2.48. The Kier molecular flexibility index (Phi) is 4.47. The van der Waals surface area contributed by atoms with E-state index in [-0.39, 0.29) is 18.4 Å². The molecule has 3 N–H and O–H groups in total. The van der Waals surface area contributed by atoms with Gasteiger partial charge in [0.25, 0.3) is 5.91 Å². The van der Waals surface area contributed by atoms with Gasteiger partial charge in [0.2, 0.25) is 5.91 Å². The molecule has 1 saturated heterocycles. The molecule has 6 nitrogen and oxygen atoms in total. The Morgan fingerprint density at radius 3 is 2.67 bits per heavy atom. The summed E-state index contributed by atoms with van der Waals surface area (Å²) in [6.07, 6.45) is 0. The number of hydrogen-bond acceptors (Lipinski definition) is 4. The van der Waals surface area contributed by atoms with Crippen molar-refractivity contribution in [2.24, 2.45) is 5.73 Å². The Hall–Kier alpha value is -2.08. The van der Waals surface area contributed by atoms with Crippen LogP contribution in [0.4, 0.5) is 0 Å². The van der Waals surface area contributed by atoms with Gasteiger partial charge in [-0.05, 0) is 31.5 Å². The zero-order valence-corrected chi connectivity index (χ0v) is 12.4. The first kappa shape index (κ1) is 15.3. The number of rotatable bonds is 4. The number of piperazine rings is 1. The van der Waals surface area contributed by atoms with Gasteiger partial charge < -0.3 is 20.7 Å². The quantitative estimate of drug-likeness (QED) is 0.833. The van der Waals surface area contributed by atoms with E-state index in [2.05, 4.69) is 5.32 Å². The van der Waals surface area contributed by atoms with Gasteiger partial charge >= 0.3 is 0 Å². The van der Waals surface area contributed by atoms with Crippen LogP contribution >= 0.6 is 0 Å². The molecule has 1 fully saturated rings. The van der Waals surface area contributed by atoms with Crippen molar-refractivity contribution in [3.63, 3.8) is 0 Å². The second-order valence-corrected chi connectivity index (χ2v) is 5.50. The van der Waals surface area contributed by atoms with E-state index in [1.54, 1.807) is 30.9 Å². The minimum atomic E-state index is -0.845. The normalized spacial score (nSPS) is 17.3. The number of carbonyl (C=O) groups excluding carboxylic acids is 2. The van der Waals surface area contributed by atoms with Crippen molar-refractivity contribution in [1.82, 2.24) is 10.2 Å². The highest BCUT2D eigenvalue weighted by Crippen LogP contribution is 2.18. The minimum Gasteiger partial charge on any atom is -0.484 e. The minimum absolute atomic E-state index is 0.0846. The summed E-state index contributed by atoms with van der Waals surface area (Å²) in [6.45, 7) is 4.81. The summed E-state index contributed by atoms with van der Waals surface area (Å²) in [6, 6.07) is 7.28. The Bertz CT molecular complexity index is 525. The van der Waals surface area contributed by atoms with Gasteiger partial charge in [0, 0.05) is 19.6 Å². The molecular formula is C15H21N3O3. The largest absolute Gasteiger partial charge is 0.484 e. The molecule has 114 valence electrons.